The van der Waals surface area contributed by atoms with Gasteiger partial charge in [-0.25, -0.2) is 0 Å². The summed E-state index contributed by atoms with van der Waals surface area (Å²) in [5.41, 5.74) is -0.559. The Kier molecular flexibility index (Phi) is 4.44. The van der Waals surface area contributed by atoms with E-state index in [1.807, 2.05) is 0 Å². The van der Waals surface area contributed by atoms with Crippen molar-refractivity contribution < 1.29 is 9.59 Å². The summed E-state index contributed by atoms with van der Waals surface area (Å²) in [6, 6.07) is 0.478. The summed E-state index contributed by atoms with van der Waals surface area (Å²) in [5.74, 6) is 1.37. The molecular weight excluding hydrogens is 278 g/mol. The number of amides is 2. The second-order valence-corrected chi connectivity index (χ2v) is 7.68. The van der Waals surface area contributed by atoms with Crippen LogP contribution in [0.25, 0.3) is 0 Å². The van der Waals surface area contributed by atoms with Gasteiger partial charge in [-0.3, -0.25) is 9.59 Å². The Morgan fingerprint density at radius 3 is 2.18 bits per heavy atom. The van der Waals surface area contributed by atoms with Gasteiger partial charge in [0.15, 0.2) is 0 Å². The Balaban J connectivity index is 1.57. The van der Waals surface area contributed by atoms with E-state index >= 15 is 0 Å². The van der Waals surface area contributed by atoms with E-state index < -0.39 is 5.41 Å². The average Bonchev–Trinajstić information content (AvgIpc) is 3.36. The van der Waals surface area contributed by atoms with Gasteiger partial charge in [0.25, 0.3) is 0 Å². The Bertz CT molecular complexity index is 437. The van der Waals surface area contributed by atoms with Crippen LogP contribution in [0.4, 0.5) is 0 Å². The first kappa shape index (κ1) is 15.8. The molecule has 0 radical (unpaired) electrons. The zero-order chi connectivity index (χ0) is 15.7. The molecule has 0 aromatic heterocycles. The van der Waals surface area contributed by atoms with Crippen LogP contribution >= 0.6 is 0 Å². The lowest BCUT2D eigenvalue weighted by molar-refractivity contribution is -0.136. The third-order valence-corrected chi connectivity index (χ3v) is 5.63. The summed E-state index contributed by atoms with van der Waals surface area (Å²) < 4.78 is 0. The van der Waals surface area contributed by atoms with Crippen LogP contribution in [0, 0.1) is 17.3 Å². The average molecular weight is 307 g/mol. The number of hydrogen-bond acceptors (Lipinski definition) is 3. The van der Waals surface area contributed by atoms with Gasteiger partial charge in [-0.15, -0.1) is 0 Å². The molecule has 1 heterocycles. The minimum Gasteiger partial charge on any atom is -0.353 e. The summed E-state index contributed by atoms with van der Waals surface area (Å²) >= 11 is 0. The Morgan fingerprint density at radius 2 is 1.68 bits per heavy atom. The Hall–Kier alpha value is -1.10. The van der Waals surface area contributed by atoms with Crippen molar-refractivity contribution in [3.8, 4) is 0 Å². The van der Waals surface area contributed by atoms with Gasteiger partial charge in [0.2, 0.25) is 11.8 Å². The summed E-state index contributed by atoms with van der Waals surface area (Å²) in [6.45, 7) is 5.59. The van der Waals surface area contributed by atoms with E-state index in [0.29, 0.717) is 24.8 Å². The molecule has 0 bridgehead atoms. The van der Waals surface area contributed by atoms with E-state index in [2.05, 4.69) is 29.8 Å². The molecule has 5 heteroatoms. The lowest BCUT2D eigenvalue weighted by Crippen LogP contribution is -2.49. The van der Waals surface area contributed by atoms with Crippen molar-refractivity contribution >= 4 is 11.8 Å². The molecule has 1 aliphatic heterocycles. The molecule has 3 fully saturated rings. The normalized spacial score (nSPS) is 30.6. The minimum absolute atomic E-state index is 0.0253. The van der Waals surface area contributed by atoms with Crippen LogP contribution in [-0.4, -0.2) is 37.0 Å². The van der Waals surface area contributed by atoms with Crippen molar-refractivity contribution in [1.82, 2.24) is 16.0 Å². The first-order chi connectivity index (χ1) is 10.5. The van der Waals surface area contributed by atoms with E-state index in [1.165, 1.54) is 25.7 Å². The minimum atomic E-state index is -0.559. The van der Waals surface area contributed by atoms with Gasteiger partial charge in [0.05, 0.1) is 5.41 Å². The molecule has 0 spiro atoms. The molecule has 5 nitrogen and oxygen atoms in total. The quantitative estimate of drug-likeness (QED) is 0.661. The van der Waals surface area contributed by atoms with Crippen LogP contribution in [0.3, 0.4) is 0 Å². The van der Waals surface area contributed by atoms with Gasteiger partial charge in [-0.05, 0) is 64.3 Å². The molecule has 0 aromatic carbocycles. The third kappa shape index (κ3) is 3.62. The van der Waals surface area contributed by atoms with Crippen LogP contribution in [0.5, 0.6) is 0 Å². The van der Waals surface area contributed by atoms with Crippen LogP contribution in [0.2, 0.25) is 0 Å². The summed E-state index contributed by atoms with van der Waals surface area (Å²) in [7, 11) is 0. The summed E-state index contributed by atoms with van der Waals surface area (Å²) in [6.07, 6.45) is 5.92. The maximum absolute atomic E-state index is 12.7. The predicted octanol–water partition coefficient (Wildman–Crippen LogP) is 1.19. The highest BCUT2D eigenvalue weighted by atomic mass is 16.2. The number of nitrogens with one attached hydrogen (secondary N) is 3. The summed E-state index contributed by atoms with van der Waals surface area (Å²) in [4.78, 5) is 25.1. The van der Waals surface area contributed by atoms with Gasteiger partial charge in [0.1, 0.15) is 0 Å². The summed E-state index contributed by atoms with van der Waals surface area (Å²) in [5, 5.41) is 9.51. The zero-order valence-electron chi connectivity index (χ0n) is 13.8. The van der Waals surface area contributed by atoms with E-state index in [0.717, 1.165) is 13.0 Å². The molecule has 3 unspecified atom stereocenters. The molecular formula is C17H29N3O2. The Labute approximate surface area is 133 Å². The second-order valence-electron chi connectivity index (χ2n) is 7.68. The fourth-order valence-electron chi connectivity index (χ4n) is 3.57. The van der Waals surface area contributed by atoms with E-state index in [1.54, 1.807) is 0 Å². The molecule has 0 aromatic rings. The lowest BCUT2D eigenvalue weighted by Gasteiger charge is -2.29. The molecule has 22 heavy (non-hydrogen) atoms. The molecule has 2 aliphatic carbocycles. The van der Waals surface area contributed by atoms with Gasteiger partial charge in [-0.1, -0.05) is 0 Å². The fourth-order valence-corrected chi connectivity index (χ4v) is 3.57. The molecule has 3 N–H and O–H groups in total. The van der Waals surface area contributed by atoms with Crippen LogP contribution < -0.4 is 16.0 Å². The van der Waals surface area contributed by atoms with Gasteiger partial charge < -0.3 is 16.0 Å². The molecule has 3 aliphatic rings. The molecule has 2 saturated carbocycles. The van der Waals surface area contributed by atoms with E-state index in [4.69, 9.17) is 0 Å². The highest BCUT2D eigenvalue weighted by Gasteiger charge is 2.44. The largest absolute Gasteiger partial charge is 0.353 e. The molecule has 2 amide bonds. The number of carbonyl (C=O) groups is 2. The molecule has 124 valence electrons. The van der Waals surface area contributed by atoms with Crippen LogP contribution in [0.15, 0.2) is 0 Å². The SMILES string of the molecule is CC(NC(=O)CC1(C(=O)NC(C)C2CC2)CCNC1)C1CC1. The van der Waals surface area contributed by atoms with E-state index in [9.17, 15) is 9.59 Å². The van der Waals surface area contributed by atoms with Crippen molar-refractivity contribution in [2.75, 3.05) is 13.1 Å². The van der Waals surface area contributed by atoms with Crippen LogP contribution in [0.1, 0.15) is 52.4 Å². The molecule has 1 saturated heterocycles. The number of hydrogen-bond donors (Lipinski definition) is 3. The smallest absolute Gasteiger partial charge is 0.228 e. The van der Waals surface area contributed by atoms with Crippen molar-refractivity contribution in [3.63, 3.8) is 0 Å². The fraction of sp³-hybridized carbons (Fsp3) is 0.882. The second kappa shape index (κ2) is 6.19. The van der Waals surface area contributed by atoms with Crippen molar-refractivity contribution in [3.05, 3.63) is 0 Å². The van der Waals surface area contributed by atoms with Crippen molar-refractivity contribution in [1.29, 1.82) is 0 Å². The maximum Gasteiger partial charge on any atom is 0.228 e. The molecule has 3 rings (SSSR count). The molecule has 3 atom stereocenters. The monoisotopic (exact) mass is 307 g/mol. The van der Waals surface area contributed by atoms with Crippen molar-refractivity contribution in [2.45, 2.75) is 64.5 Å². The first-order valence-corrected chi connectivity index (χ1v) is 8.81. The zero-order valence-corrected chi connectivity index (χ0v) is 13.8. The number of rotatable bonds is 7. The number of carbonyl (C=O) groups excluding carboxylic acids is 2. The third-order valence-electron chi connectivity index (χ3n) is 5.63. The predicted molar refractivity (Wildman–Crippen MR) is 85.2 cm³/mol. The van der Waals surface area contributed by atoms with Gasteiger partial charge in [0, 0.05) is 25.0 Å². The van der Waals surface area contributed by atoms with E-state index in [-0.39, 0.29) is 23.9 Å². The maximum atomic E-state index is 12.7. The Morgan fingerprint density at radius 1 is 1.09 bits per heavy atom. The highest BCUT2D eigenvalue weighted by Crippen LogP contribution is 2.35. The van der Waals surface area contributed by atoms with Gasteiger partial charge in [-0.2, -0.15) is 0 Å². The first-order valence-electron chi connectivity index (χ1n) is 8.81. The van der Waals surface area contributed by atoms with Crippen molar-refractivity contribution in [2.24, 2.45) is 17.3 Å². The topological polar surface area (TPSA) is 70.2 Å². The van der Waals surface area contributed by atoms with Gasteiger partial charge >= 0.3 is 0 Å². The van der Waals surface area contributed by atoms with Crippen LogP contribution in [-0.2, 0) is 9.59 Å². The lowest BCUT2D eigenvalue weighted by atomic mass is 9.81. The standard InChI is InChI=1S/C17H29N3O2/c1-11(13-3-4-13)19-15(21)9-17(7-8-18-10-17)16(22)20-12(2)14-5-6-14/h11-14,18H,3-10H2,1-2H3,(H,19,21)(H,20,22). The highest BCUT2D eigenvalue weighted by molar-refractivity contribution is 5.89.